The number of rotatable bonds is 7. The number of unbranched alkanes of at least 4 members (excludes halogenated alkanes) is 2. The summed E-state index contributed by atoms with van der Waals surface area (Å²) in [7, 11) is 0. The van der Waals surface area contributed by atoms with Crippen LogP contribution in [-0.4, -0.2) is 16.5 Å². The Morgan fingerprint density at radius 1 is 1.24 bits per heavy atom. The topological polar surface area (TPSA) is 37.8 Å². The lowest BCUT2D eigenvalue weighted by Gasteiger charge is -2.24. The maximum absolute atomic E-state index is 5.73. The zero-order valence-corrected chi connectivity index (χ0v) is 11.7. The molecule has 4 heteroatoms. The molecule has 0 radical (unpaired) electrons. The average Bonchev–Trinajstić information content (AvgIpc) is 2.29. The minimum absolute atomic E-state index is 0.276. The molecule has 0 spiro atoms. The van der Waals surface area contributed by atoms with E-state index in [0.717, 1.165) is 6.54 Å². The molecule has 3 nitrogen and oxygen atoms in total. The number of anilines is 1. The third-order valence-corrected chi connectivity index (χ3v) is 3.00. The number of nitrogens with zero attached hydrogens (tertiary/aromatic N) is 2. The van der Waals surface area contributed by atoms with E-state index in [1.807, 2.05) is 0 Å². The summed E-state index contributed by atoms with van der Waals surface area (Å²) in [4.78, 5) is 8.25. The van der Waals surface area contributed by atoms with Gasteiger partial charge in [0.25, 0.3) is 0 Å². The molecular formula is C13H22ClN3. The Morgan fingerprint density at radius 3 is 2.47 bits per heavy atom. The molecule has 1 heterocycles. The first-order valence-electron chi connectivity index (χ1n) is 6.25. The second-order valence-electron chi connectivity index (χ2n) is 5.20. The minimum atomic E-state index is 0.276. The largest absolute Gasteiger partial charge is 0.354 e. The molecule has 0 saturated carbocycles. The van der Waals surface area contributed by atoms with E-state index in [4.69, 9.17) is 11.6 Å². The molecule has 0 aromatic carbocycles. The molecule has 0 saturated heterocycles. The van der Waals surface area contributed by atoms with Gasteiger partial charge in [-0.3, -0.25) is 0 Å². The molecule has 0 aliphatic rings. The van der Waals surface area contributed by atoms with Gasteiger partial charge in [-0.15, -0.1) is 0 Å². The quantitative estimate of drug-likeness (QED) is 0.744. The fourth-order valence-corrected chi connectivity index (χ4v) is 1.76. The van der Waals surface area contributed by atoms with E-state index in [1.54, 1.807) is 12.4 Å². The third kappa shape index (κ3) is 5.87. The Bertz CT molecular complexity index is 322. The summed E-state index contributed by atoms with van der Waals surface area (Å²) in [6.07, 6.45) is 8.31. The van der Waals surface area contributed by atoms with Gasteiger partial charge >= 0.3 is 0 Å². The van der Waals surface area contributed by atoms with Gasteiger partial charge < -0.3 is 5.32 Å². The van der Waals surface area contributed by atoms with Crippen LogP contribution in [-0.2, 0) is 0 Å². The van der Waals surface area contributed by atoms with Gasteiger partial charge in [-0.25, -0.2) is 9.97 Å². The average molecular weight is 256 g/mol. The van der Waals surface area contributed by atoms with Crippen LogP contribution in [0.2, 0.25) is 5.02 Å². The highest BCUT2D eigenvalue weighted by Gasteiger charge is 2.17. The van der Waals surface area contributed by atoms with E-state index in [0.29, 0.717) is 11.0 Å². The second-order valence-corrected chi connectivity index (χ2v) is 5.64. The van der Waals surface area contributed by atoms with Gasteiger partial charge in [0, 0.05) is 6.54 Å². The fourth-order valence-electron chi connectivity index (χ4n) is 1.66. The molecule has 0 bridgehead atoms. The van der Waals surface area contributed by atoms with E-state index >= 15 is 0 Å². The van der Waals surface area contributed by atoms with Crippen LogP contribution in [0, 0.1) is 5.41 Å². The summed E-state index contributed by atoms with van der Waals surface area (Å²) >= 11 is 5.73. The predicted octanol–water partition coefficient (Wildman–Crippen LogP) is 4.15. The predicted molar refractivity (Wildman–Crippen MR) is 73.5 cm³/mol. The van der Waals surface area contributed by atoms with Gasteiger partial charge in [-0.05, 0) is 11.8 Å². The molecule has 17 heavy (non-hydrogen) atoms. The van der Waals surface area contributed by atoms with Gasteiger partial charge in [0.15, 0.2) is 0 Å². The van der Waals surface area contributed by atoms with Crippen molar-refractivity contribution in [2.75, 3.05) is 11.9 Å². The van der Waals surface area contributed by atoms with Crippen LogP contribution < -0.4 is 5.32 Å². The van der Waals surface area contributed by atoms with Crippen LogP contribution >= 0.6 is 11.6 Å². The zero-order valence-electron chi connectivity index (χ0n) is 11.0. The molecule has 0 atom stereocenters. The third-order valence-electron chi connectivity index (χ3n) is 2.80. The second kappa shape index (κ2) is 6.80. The summed E-state index contributed by atoms with van der Waals surface area (Å²) in [5.41, 5.74) is 0.276. The fraction of sp³-hybridized carbons (Fsp3) is 0.692. The highest BCUT2D eigenvalue weighted by atomic mass is 35.5. The standard InChI is InChI=1S/C13H22ClN3/c1-4-5-6-7-13(2,3)10-17-12-15-8-11(14)9-16-12/h8-9H,4-7,10H2,1-3H3,(H,15,16,17). The van der Waals surface area contributed by atoms with Crippen LogP contribution in [0.1, 0.15) is 46.5 Å². The maximum atomic E-state index is 5.73. The van der Waals surface area contributed by atoms with Crippen molar-refractivity contribution in [3.8, 4) is 0 Å². The molecule has 0 aliphatic heterocycles. The number of aromatic nitrogens is 2. The van der Waals surface area contributed by atoms with Crippen molar-refractivity contribution in [3.63, 3.8) is 0 Å². The Morgan fingerprint density at radius 2 is 1.88 bits per heavy atom. The summed E-state index contributed by atoms with van der Waals surface area (Å²) in [5.74, 6) is 0.651. The summed E-state index contributed by atoms with van der Waals surface area (Å²) in [6, 6.07) is 0. The van der Waals surface area contributed by atoms with Gasteiger partial charge in [0.05, 0.1) is 17.4 Å². The van der Waals surface area contributed by atoms with Crippen molar-refractivity contribution >= 4 is 17.5 Å². The van der Waals surface area contributed by atoms with Crippen LogP contribution in [0.5, 0.6) is 0 Å². The highest BCUT2D eigenvalue weighted by molar-refractivity contribution is 6.30. The number of hydrogen-bond donors (Lipinski definition) is 1. The Hall–Kier alpha value is -0.830. The first-order chi connectivity index (χ1) is 8.03. The molecule has 0 amide bonds. The maximum Gasteiger partial charge on any atom is 0.222 e. The molecular weight excluding hydrogens is 234 g/mol. The van der Waals surface area contributed by atoms with Gasteiger partial charge in [-0.2, -0.15) is 0 Å². The van der Waals surface area contributed by atoms with Gasteiger partial charge in [-0.1, -0.05) is 51.6 Å². The zero-order chi connectivity index (χ0) is 12.7. The number of halogens is 1. The van der Waals surface area contributed by atoms with Crippen molar-refractivity contribution in [2.24, 2.45) is 5.41 Å². The number of nitrogens with one attached hydrogen (secondary N) is 1. The molecule has 96 valence electrons. The lowest BCUT2D eigenvalue weighted by molar-refractivity contribution is 0.342. The molecule has 0 aliphatic carbocycles. The van der Waals surface area contributed by atoms with Crippen molar-refractivity contribution in [3.05, 3.63) is 17.4 Å². The van der Waals surface area contributed by atoms with Crippen LogP contribution in [0.15, 0.2) is 12.4 Å². The normalized spacial score (nSPS) is 11.5. The first-order valence-corrected chi connectivity index (χ1v) is 6.63. The molecule has 1 aromatic heterocycles. The first kappa shape index (κ1) is 14.2. The van der Waals surface area contributed by atoms with E-state index in [-0.39, 0.29) is 5.41 Å². The lowest BCUT2D eigenvalue weighted by Crippen LogP contribution is -2.23. The van der Waals surface area contributed by atoms with E-state index < -0.39 is 0 Å². The van der Waals surface area contributed by atoms with Crippen molar-refractivity contribution in [1.29, 1.82) is 0 Å². The molecule has 1 aromatic rings. The monoisotopic (exact) mass is 255 g/mol. The molecule has 1 N–H and O–H groups in total. The SMILES string of the molecule is CCCCCC(C)(C)CNc1ncc(Cl)cn1. The van der Waals surface area contributed by atoms with Crippen LogP contribution in [0.3, 0.4) is 0 Å². The summed E-state index contributed by atoms with van der Waals surface area (Å²) in [5, 5.41) is 3.83. The Balaban J connectivity index is 2.35. The highest BCUT2D eigenvalue weighted by Crippen LogP contribution is 2.23. The smallest absolute Gasteiger partial charge is 0.222 e. The van der Waals surface area contributed by atoms with Crippen LogP contribution in [0.4, 0.5) is 5.95 Å². The van der Waals surface area contributed by atoms with Gasteiger partial charge in [0.2, 0.25) is 5.95 Å². The van der Waals surface area contributed by atoms with Crippen molar-refractivity contribution in [1.82, 2.24) is 9.97 Å². The Labute approximate surface area is 109 Å². The molecule has 0 fully saturated rings. The van der Waals surface area contributed by atoms with E-state index in [2.05, 4.69) is 36.1 Å². The Kier molecular flexibility index (Phi) is 5.69. The molecule has 0 unspecified atom stereocenters. The van der Waals surface area contributed by atoms with Crippen LogP contribution in [0.25, 0.3) is 0 Å². The van der Waals surface area contributed by atoms with E-state index in [1.165, 1.54) is 25.7 Å². The minimum Gasteiger partial charge on any atom is -0.354 e. The van der Waals surface area contributed by atoms with E-state index in [9.17, 15) is 0 Å². The molecule has 1 rings (SSSR count). The summed E-state index contributed by atoms with van der Waals surface area (Å²) < 4.78 is 0. The summed E-state index contributed by atoms with van der Waals surface area (Å²) in [6.45, 7) is 7.66. The lowest BCUT2D eigenvalue weighted by atomic mass is 9.87. The number of hydrogen-bond acceptors (Lipinski definition) is 3. The van der Waals surface area contributed by atoms with Crippen molar-refractivity contribution < 1.29 is 0 Å². The van der Waals surface area contributed by atoms with Crippen molar-refractivity contribution in [2.45, 2.75) is 46.5 Å². The van der Waals surface area contributed by atoms with Gasteiger partial charge in [0.1, 0.15) is 0 Å².